The van der Waals surface area contributed by atoms with Gasteiger partial charge in [-0.1, -0.05) is 12.1 Å². The van der Waals surface area contributed by atoms with E-state index in [0.29, 0.717) is 12.1 Å². The number of hydrogen-bond donors (Lipinski definition) is 6. The number of nitrogens with one attached hydrogen (secondary N) is 1. The highest BCUT2D eigenvalue weighted by Crippen LogP contribution is 2.31. The molecule has 8 atom stereocenters. The molecule has 1 amide bonds. The number of anilines is 1. The van der Waals surface area contributed by atoms with Gasteiger partial charge in [-0.2, -0.15) is 0 Å². The number of para-hydroxylation sites is 1. The summed E-state index contributed by atoms with van der Waals surface area (Å²) < 4.78 is 11.1. The van der Waals surface area contributed by atoms with Crippen LogP contribution in [0.5, 0.6) is 0 Å². The van der Waals surface area contributed by atoms with Gasteiger partial charge < -0.3 is 41.0 Å². The molecule has 0 radical (unpaired) electrons. The number of thioether (sulfide) groups is 1. The first-order valence-electron chi connectivity index (χ1n) is 11.6. The predicted molar refractivity (Wildman–Crippen MR) is 130 cm³/mol. The highest BCUT2D eigenvalue weighted by atomic mass is 32.2. The monoisotopic (exact) mass is 513 g/mol. The fourth-order valence-corrected chi connectivity index (χ4v) is 5.32. The highest BCUT2D eigenvalue weighted by molar-refractivity contribution is 7.99. The third-order valence-corrected chi connectivity index (χ3v) is 7.51. The number of benzene rings is 1. The van der Waals surface area contributed by atoms with Gasteiger partial charge in [-0.15, -0.1) is 11.8 Å². The van der Waals surface area contributed by atoms with Gasteiger partial charge in [0.2, 0.25) is 5.91 Å². The molecule has 8 unspecified atom stereocenters. The Kier molecular flexibility index (Phi) is 9.76. The number of likely N-dealkylation sites (tertiary alicyclic amines) is 1. The average molecular weight is 514 g/mol. The van der Waals surface area contributed by atoms with E-state index in [9.17, 15) is 30.0 Å². The minimum atomic E-state index is -1.56. The molecule has 12 heteroatoms. The van der Waals surface area contributed by atoms with Gasteiger partial charge in [-0.3, -0.25) is 9.69 Å². The average Bonchev–Trinajstić information content (AvgIpc) is 3.26. The Morgan fingerprint density at radius 1 is 1.26 bits per heavy atom. The number of nitrogens with two attached hydrogens (primary N) is 1. The minimum absolute atomic E-state index is 0.0156. The van der Waals surface area contributed by atoms with Crippen LogP contribution in [0.15, 0.2) is 24.3 Å². The molecule has 2 aliphatic heterocycles. The van der Waals surface area contributed by atoms with Crippen molar-refractivity contribution >= 4 is 29.3 Å². The number of carbonyl (C=O) groups is 2. The predicted octanol–water partition coefficient (Wildman–Crippen LogP) is -1.07. The Labute approximate surface area is 208 Å². The van der Waals surface area contributed by atoms with E-state index < -0.39 is 48.0 Å². The number of nitrogens with zero attached hydrogens (tertiary/aromatic N) is 1. The molecule has 2 saturated heterocycles. The third-order valence-electron chi connectivity index (χ3n) is 6.39. The van der Waals surface area contributed by atoms with Gasteiger partial charge in [0.1, 0.15) is 36.5 Å². The fourth-order valence-electron chi connectivity index (χ4n) is 4.35. The van der Waals surface area contributed by atoms with Crippen molar-refractivity contribution in [2.75, 3.05) is 31.7 Å². The van der Waals surface area contributed by atoms with Gasteiger partial charge in [-0.25, -0.2) is 4.79 Å². The molecule has 0 aromatic heterocycles. The van der Waals surface area contributed by atoms with Crippen molar-refractivity contribution in [2.24, 2.45) is 0 Å². The first-order chi connectivity index (χ1) is 16.6. The number of ether oxygens (including phenoxy) is 2. The van der Waals surface area contributed by atoms with Crippen LogP contribution < -0.4 is 11.1 Å². The van der Waals surface area contributed by atoms with Gasteiger partial charge in [0.15, 0.2) is 0 Å². The maximum absolute atomic E-state index is 12.8. The van der Waals surface area contributed by atoms with E-state index in [-0.39, 0.29) is 29.9 Å². The molecule has 35 heavy (non-hydrogen) atoms. The molecule has 2 fully saturated rings. The Balaban J connectivity index is 1.59. The lowest BCUT2D eigenvalue weighted by Gasteiger charge is -2.44. The second-order valence-electron chi connectivity index (χ2n) is 8.95. The van der Waals surface area contributed by atoms with Crippen molar-refractivity contribution in [2.45, 2.75) is 67.8 Å². The van der Waals surface area contributed by atoms with Gasteiger partial charge >= 0.3 is 5.97 Å². The summed E-state index contributed by atoms with van der Waals surface area (Å²) in [6.45, 7) is 2.22. The van der Waals surface area contributed by atoms with Crippen LogP contribution in [0.3, 0.4) is 0 Å². The maximum atomic E-state index is 12.8. The van der Waals surface area contributed by atoms with E-state index in [1.807, 2.05) is 11.9 Å². The van der Waals surface area contributed by atoms with Crippen molar-refractivity contribution in [3.05, 3.63) is 29.8 Å². The lowest BCUT2D eigenvalue weighted by molar-refractivity contribution is -0.211. The van der Waals surface area contributed by atoms with Crippen LogP contribution in [-0.4, -0.2) is 111 Å². The maximum Gasteiger partial charge on any atom is 0.340 e. The summed E-state index contributed by atoms with van der Waals surface area (Å²) in [5, 5.41) is 44.5. The van der Waals surface area contributed by atoms with Crippen molar-refractivity contribution in [3.8, 4) is 0 Å². The van der Waals surface area contributed by atoms with E-state index in [1.54, 1.807) is 24.3 Å². The smallest absolute Gasteiger partial charge is 0.340 e. The summed E-state index contributed by atoms with van der Waals surface area (Å²) >= 11 is 1.08. The summed E-state index contributed by atoms with van der Waals surface area (Å²) in [6.07, 6.45) is -5.26. The van der Waals surface area contributed by atoms with Crippen molar-refractivity contribution in [1.82, 2.24) is 10.2 Å². The first kappa shape index (κ1) is 27.7. The first-order valence-corrected chi connectivity index (χ1v) is 12.7. The number of aliphatic hydroxyl groups excluding tert-OH is 4. The molecular weight excluding hydrogens is 478 g/mol. The Bertz CT molecular complexity index is 875. The number of hydrogen-bond acceptors (Lipinski definition) is 11. The highest BCUT2D eigenvalue weighted by Gasteiger charge is 2.48. The van der Waals surface area contributed by atoms with Crippen LogP contribution in [0.25, 0.3) is 0 Å². The topological polar surface area (TPSA) is 175 Å². The van der Waals surface area contributed by atoms with Crippen LogP contribution in [0, 0.1) is 0 Å². The van der Waals surface area contributed by atoms with Gasteiger partial charge in [-0.05, 0) is 45.5 Å². The summed E-state index contributed by atoms with van der Waals surface area (Å²) in [7, 11) is 1.84. The molecule has 196 valence electrons. The number of esters is 1. The zero-order chi connectivity index (χ0) is 25.7. The Hall–Kier alpha value is -1.93. The molecular formula is C23H35N3O8S. The van der Waals surface area contributed by atoms with Crippen LogP contribution in [0.2, 0.25) is 0 Å². The number of amides is 1. The molecule has 3 rings (SSSR count). The van der Waals surface area contributed by atoms with Crippen LogP contribution >= 0.6 is 11.8 Å². The van der Waals surface area contributed by atoms with Crippen molar-refractivity contribution < 1.29 is 39.5 Å². The molecule has 0 saturated carbocycles. The summed E-state index contributed by atoms with van der Waals surface area (Å²) in [5.74, 6) is -0.673. The molecule has 7 N–H and O–H groups in total. The molecule has 1 aromatic rings. The molecule has 0 aliphatic carbocycles. The number of carbonyl (C=O) groups excluding carboxylic acids is 2. The molecule has 2 heterocycles. The summed E-state index contributed by atoms with van der Waals surface area (Å²) in [6, 6.07) is 5.14. The second kappa shape index (κ2) is 12.3. The van der Waals surface area contributed by atoms with Crippen molar-refractivity contribution in [1.29, 1.82) is 0 Å². The Morgan fingerprint density at radius 3 is 2.60 bits per heavy atom. The zero-order valence-electron chi connectivity index (χ0n) is 19.8. The quantitative estimate of drug-likeness (QED) is 0.135. The van der Waals surface area contributed by atoms with Crippen LogP contribution in [-0.2, 0) is 14.3 Å². The van der Waals surface area contributed by atoms with Gasteiger partial charge in [0, 0.05) is 11.4 Å². The summed E-state index contributed by atoms with van der Waals surface area (Å²) in [5.41, 5.74) is 5.32. The van der Waals surface area contributed by atoms with Crippen molar-refractivity contribution in [3.63, 3.8) is 0 Å². The van der Waals surface area contributed by atoms with E-state index in [1.165, 1.54) is 6.92 Å². The van der Waals surface area contributed by atoms with Crippen LogP contribution in [0.4, 0.5) is 5.69 Å². The number of likely N-dealkylation sites (N-methyl/N-ethyl adjacent to an activating group) is 1. The van der Waals surface area contributed by atoms with E-state index >= 15 is 0 Å². The van der Waals surface area contributed by atoms with E-state index in [2.05, 4.69) is 5.32 Å². The van der Waals surface area contributed by atoms with E-state index in [4.69, 9.17) is 15.2 Å². The number of rotatable bonds is 9. The van der Waals surface area contributed by atoms with Gasteiger partial charge in [0.05, 0.1) is 23.8 Å². The van der Waals surface area contributed by atoms with Gasteiger partial charge in [0.25, 0.3) is 0 Å². The normalized spacial score (nSPS) is 31.0. The third kappa shape index (κ3) is 6.64. The summed E-state index contributed by atoms with van der Waals surface area (Å²) in [4.78, 5) is 26.9. The molecule has 0 bridgehead atoms. The van der Waals surface area contributed by atoms with E-state index in [0.717, 1.165) is 24.7 Å². The largest absolute Gasteiger partial charge is 0.461 e. The fraction of sp³-hybridized carbons (Fsp3) is 0.652. The Morgan fingerprint density at radius 2 is 1.97 bits per heavy atom. The van der Waals surface area contributed by atoms with Crippen LogP contribution in [0.1, 0.15) is 30.1 Å². The SMILES string of the molecule is CC(O)C(NC(=O)C1CCCN1C)C1OC(SCCOC(=O)c2ccccc2N)C(O)C(O)C1O. The zero-order valence-corrected chi connectivity index (χ0v) is 20.6. The number of nitrogen functional groups attached to an aromatic ring is 1. The lowest BCUT2D eigenvalue weighted by Crippen LogP contribution is -2.65. The molecule has 1 aromatic carbocycles. The second-order valence-corrected chi connectivity index (χ2v) is 10.2. The number of aliphatic hydroxyl groups is 4. The minimum Gasteiger partial charge on any atom is -0.461 e. The molecule has 11 nitrogen and oxygen atoms in total. The lowest BCUT2D eigenvalue weighted by atomic mass is 9.92. The molecule has 0 spiro atoms. The standard InChI is InChI=1S/C23H35N3O8S/c1-12(27)16(25-21(31)15-8-5-9-26(15)2)20-18(29)17(28)19(30)23(34-20)35-11-10-33-22(32)13-6-3-4-7-14(13)24/h3-4,6-7,12,15-20,23,27-30H,5,8-11,24H2,1-2H3,(H,25,31). The molecule has 2 aliphatic rings.